The number of benzene rings is 2. The normalized spacial score (nSPS) is 10.8. The minimum Gasteiger partial charge on any atom is -0.506 e. The van der Waals surface area contributed by atoms with E-state index in [-0.39, 0.29) is 17.3 Å². The molecule has 3 N–H and O–H groups in total. The molecule has 0 bridgehead atoms. The van der Waals surface area contributed by atoms with Crippen LogP contribution in [-0.4, -0.2) is 16.0 Å². The van der Waals surface area contributed by atoms with Crippen molar-refractivity contribution in [1.29, 1.82) is 0 Å². The Morgan fingerprint density at radius 3 is 2.81 bits per heavy atom. The number of aromatic hydroxyl groups is 1. The van der Waals surface area contributed by atoms with E-state index in [1.165, 1.54) is 12.1 Å². The largest absolute Gasteiger partial charge is 0.506 e. The quantitative estimate of drug-likeness (QED) is 0.624. The molecular weight excluding hydrogens is 288 g/mol. The van der Waals surface area contributed by atoms with Gasteiger partial charge in [-0.3, -0.25) is 4.79 Å². The summed E-state index contributed by atoms with van der Waals surface area (Å²) in [6, 6.07) is 12.2. The number of phenols is 1. The van der Waals surface area contributed by atoms with E-state index in [2.05, 4.69) is 10.3 Å². The number of hydrogen-bond donors (Lipinski definition) is 3. The number of fused-ring (bicyclic) bond motifs is 1. The number of carbonyl (C=O) groups excluding carboxylic acids is 1. The molecule has 106 valence electrons. The van der Waals surface area contributed by atoms with Crippen LogP contribution in [0.25, 0.3) is 10.9 Å². The number of aromatic amines is 1. The first-order chi connectivity index (χ1) is 10.0. The third-order valence-electron chi connectivity index (χ3n) is 3.23. The molecule has 0 atom stereocenters. The number of amides is 1. The highest BCUT2D eigenvalue weighted by atomic mass is 35.5. The van der Waals surface area contributed by atoms with Gasteiger partial charge >= 0.3 is 0 Å². The third-order valence-corrected chi connectivity index (χ3v) is 3.46. The van der Waals surface area contributed by atoms with Gasteiger partial charge in [0.15, 0.2) is 0 Å². The van der Waals surface area contributed by atoms with Crippen molar-refractivity contribution in [2.45, 2.75) is 6.92 Å². The Balaban J connectivity index is 1.91. The van der Waals surface area contributed by atoms with Crippen LogP contribution >= 0.6 is 11.6 Å². The van der Waals surface area contributed by atoms with Gasteiger partial charge in [0.2, 0.25) is 0 Å². The molecule has 0 aliphatic rings. The van der Waals surface area contributed by atoms with Crippen molar-refractivity contribution in [1.82, 2.24) is 4.98 Å². The maximum Gasteiger partial charge on any atom is 0.272 e. The first-order valence-electron chi connectivity index (χ1n) is 6.42. The number of aryl methyl sites for hydroxylation is 1. The van der Waals surface area contributed by atoms with Crippen molar-refractivity contribution in [3.63, 3.8) is 0 Å². The van der Waals surface area contributed by atoms with E-state index in [0.29, 0.717) is 10.7 Å². The van der Waals surface area contributed by atoms with Crippen molar-refractivity contribution >= 4 is 34.1 Å². The van der Waals surface area contributed by atoms with Crippen LogP contribution in [0.5, 0.6) is 5.75 Å². The molecule has 0 saturated carbocycles. The number of H-pyrrole nitrogens is 1. The first-order valence-corrected chi connectivity index (χ1v) is 6.80. The summed E-state index contributed by atoms with van der Waals surface area (Å²) in [5.41, 5.74) is 2.72. The molecule has 0 spiro atoms. The Labute approximate surface area is 126 Å². The number of aromatic nitrogens is 1. The lowest BCUT2D eigenvalue weighted by Gasteiger charge is -2.06. The summed E-state index contributed by atoms with van der Waals surface area (Å²) < 4.78 is 0. The fourth-order valence-electron chi connectivity index (χ4n) is 2.16. The zero-order valence-electron chi connectivity index (χ0n) is 11.3. The van der Waals surface area contributed by atoms with Gasteiger partial charge in [-0.05, 0) is 42.8 Å². The summed E-state index contributed by atoms with van der Waals surface area (Å²) in [5.74, 6) is -0.360. The summed E-state index contributed by atoms with van der Waals surface area (Å²) in [6.45, 7) is 1.99. The Bertz CT molecular complexity index is 839. The molecule has 0 fully saturated rings. The lowest BCUT2D eigenvalue weighted by Crippen LogP contribution is -2.12. The predicted molar refractivity (Wildman–Crippen MR) is 84.1 cm³/mol. The number of carbonyl (C=O) groups is 1. The Morgan fingerprint density at radius 2 is 2.00 bits per heavy atom. The zero-order chi connectivity index (χ0) is 15.0. The van der Waals surface area contributed by atoms with Crippen molar-refractivity contribution in [3.05, 3.63) is 58.7 Å². The average molecular weight is 301 g/mol. The van der Waals surface area contributed by atoms with Crippen LogP contribution in [0.1, 0.15) is 16.1 Å². The molecule has 3 rings (SSSR count). The highest BCUT2D eigenvalue weighted by molar-refractivity contribution is 6.31. The van der Waals surface area contributed by atoms with Crippen LogP contribution in [0, 0.1) is 6.92 Å². The number of rotatable bonds is 2. The fraction of sp³-hybridized carbons (Fsp3) is 0.0625. The van der Waals surface area contributed by atoms with Gasteiger partial charge in [-0.2, -0.15) is 0 Å². The summed E-state index contributed by atoms with van der Waals surface area (Å²) in [7, 11) is 0. The molecule has 4 nitrogen and oxygen atoms in total. The van der Waals surface area contributed by atoms with Crippen molar-refractivity contribution in [3.8, 4) is 5.75 Å². The molecule has 0 saturated heterocycles. The summed E-state index contributed by atoms with van der Waals surface area (Å²) in [4.78, 5) is 15.3. The Hall–Kier alpha value is -2.46. The second-order valence-corrected chi connectivity index (χ2v) is 5.33. The molecular formula is C16H13ClN2O2. The predicted octanol–water partition coefficient (Wildman–Crippen LogP) is 4.09. The molecule has 1 heterocycles. The highest BCUT2D eigenvalue weighted by Gasteiger charge is 2.12. The number of phenolic OH excluding ortho intramolecular Hbond substituents is 1. The maximum atomic E-state index is 12.2. The summed E-state index contributed by atoms with van der Waals surface area (Å²) in [6.07, 6.45) is 0. The fourth-order valence-corrected chi connectivity index (χ4v) is 2.33. The SMILES string of the molecule is Cc1ccc2cc(C(=O)Nc3cc(Cl)ccc3O)[nH]c2c1. The molecule has 3 aromatic rings. The van der Waals surface area contributed by atoms with Gasteiger partial charge < -0.3 is 15.4 Å². The number of anilines is 1. The van der Waals surface area contributed by atoms with Crippen LogP contribution in [0.4, 0.5) is 5.69 Å². The monoisotopic (exact) mass is 300 g/mol. The number of nitrogens with one attached hydrogen (secondary N) is 2. The molecule has 21 heavy (non-hydrogen) atoms. The molecule has 0 unspecified atom stereocenters. The molecule has 0 aliphatic carbocycles. The number of hydrogen-bond acceptors (Lipinski definition) is 2. The standard InChI is InChI=1S/C16H13ClN2O2/c1-9-2-3-10-7-14(18-12(10)6-9)16(21)19-13-8-11(17)4-5-15(13)20/h2-8,18,20H,1H3,(H,19,21). The Morgan fingerprint density at radius 1 is 1.19 bits per heavy atom. The average Bonchev–Trinajstić information content (AvgIpc) is 2.86. The second-order valence-electron chi connectivity index (χ2n) is 4.89. The third kappa shape index (κ3) is 2.71. The highest BCUT2D eigenvalue weighted by Crippen LogP contribution is 2.27. The van der Waals surface area contributed by atoms with Crippen molar-refractivity contribution in [2.75, 3.05) is 5.32 Å². The first kappa shape index (κ1) is 13.5. The van der Waals surface area contributed by atoms with E-state index >= 15 is 0 Å². The van der Waals surface area contributed by atoms with Gasteiger partial charge in [0.25, 0.3) is 5.91 Å². The maximum absolute atomic E-state index is 12.2. The van der Waals surface area contributed by atoms with Gasteiger partial charge in [0.1, 0.15) is 11.4 Å². The summed E-state index contributed by atoms with van der Waals surface area (Å²) in [5, 5.41) is 13.8. The molecule has 1 aromatic heterocycles. The topological polar surface area (TPSA) is 65.1 Å². The van der Waals surface area contributed by atoms with Crippen molar-refractivity contribution in [2.24, 2.45) is 0 Å². The molecule has 2 aromatic carbocycles. The van der Waals surface area contributed by atoms with Gasteiger partial charge in [-0.25, -0.2) is 0 Å². The molecule has 0 radical (unpaired) electrons. The smallest absolute Gasteiger partial charge is 0.272 e. The van der Waals surface area contributed by atoms with E-state index in [9.17, 15) is 9.90 Å². The van der Waals surface area contributed by atoms with Crippen LogP contribution in [-0.2, 0) is 0 Å². The van der Waals surface area contributed by atoms with Crippen LogP contribution in [0.15, 0.2) is 42.5 Å². The van der Waals surface area contributed by atoms with E-state index in [1.54, 1.807) is 12.1 Å². The minimum atomic E-state index is -0.332. The van der Waals surface area contributed by atoms with Gasteiger partial charge in [-0.15, -0.1) is 0 Å². The van der Waals surface area contributed by atoms with E-state index in [0.717, 1.165) is 16.5 Å². The summed E-state index contributed by atoms with van der Waals surface area (Å²) >= 11 is 5.86. The number of halogens is 1. The lowest BCUT2D eigenvalue weighted by molar-refractivity contribution is 0.102. The van der Waals surface area contributed by atoms with E-state index in [4.69, 9.17) is 11.6 Å². The van der Waals surface area contributed by atoms with E-state index < -0.39 is 0 Å². The van der Waals surface area contributed by atoms with Crippen LogP contribution < -0.4 is 5.32 Å². The Kier molecular flexibility index (Phi) is 3.31. The zero-order valence-corrected chi connectivity index (χ0v) is 12.0. The molecule has 1 amide bonds. The van der Waals surface area contributed by atoms with Crippen LogP contribution in [0.2, 0.25) is 5.02 Å². The van der Waals surface area contributed by atoms with Crippen LogP contribution in [0.3, 0.4) is 0 Å². The van der Waals surface area contributed by atoms with Gasteiger partial charge in [0, 0.05) is 15.9 Å². The molecule has 5 heteroatoms. The second kappa shape index (κ2) is 5.14. The lowest BCUT2D eigenvalue weighted by atomic mass is 10.2. The van der Waals surface area contributed by atoms with Gasteiger partial charge in [-0.1, -0.05) is 23.7 Å². The van der Waals surface area contributed by atoms with Gasteiger partial charge in [0.05, 0.1) is 5.69 Å². The van der Waals surface area contributed by atoms with E-state index in [1.807, 2.05) is 25.1 Å². The van der Waals surface area contributed by atoms with Crippen molar-refractivity contribution < 1.29 is 9.90 Å². The minimum absolute atomic E-state index is 0.0281. The molecule has 0 aliphatic heterocycles.